The average molecular weight is 274 g/mol. The molecule has 2 aromatic heterocycles. The minimum Gasteiger partial charge on any atom is -0.618 e. The van der Waals surface area contributed by atoms with Crippen LogP contribution in [0.25, 0.3) is 21.8 Å². The van der Waals surface area contributed by atoms with Crippen LogP contribution in [0.5, 0.6) is 0 Å². The lowest BCUT2D eigenvalue weighted by Crippen LogP contribution is -2.25. The van der Waals surface area contributed by atoms with Gasteiger partial charge < -0.3 is 5.21 Å². The van der Waals surface area contributed by atoms with Gasteiger partial charge in [0.1, 0.15) is 0 Å². The Morgan fingerprint density at radius 2 is 1.38 bits per heavy atom. The molecule has 0 unspecified atom stereocenters. The van der Waals surface area contributed by atoms with Gasteiger partial charge in [-0.15, -0.1) is 0 Å². The summed E-state index contributed by atoms with van der Waals surface area (Å²) in [5.74, 6) is 0. The van der Waals surface area contributed by atoms with E-state index in [0.717, 1.165) is 21.2 Å². The van der Waals surface area contributed by atoms with Crippen LogP contribution < -0.4 is 4.73 Å². The van der Waals surface area contributed by atoms with Crippen molar-refractivity contribution in [2.45, 2.75) is 0 Å². The van der Waals surface area contributed by atoms with Gasteiger partial charge in [-0.25, -0.2) is 0 Å². The second-order valence-electron chi connectivity index (χ2n) is 4.59. The van der Waals surface area contributed by atoms with Crippen LogP contribution >= 0.6 is 0 Å². The summed E-state index contributed by atoms with van der Waals surface area (Å²) in [7, 11) is 0. The van der Waals surface area contributed by atoms with Crippen molar-refractivity contribution in [3.63, 3.8) is 0 Å². The number of benzene rings is 2. The van der Waals surface area contributed by atoms with Gasteiger partial charge in [-0.2, -0.15) is 4.73 Å². The van der Waals surface area contributed by atoms with Crippen LogP contribution in [0, 0.1) is 5.21 Å². The highest BCUT2D eigenvalue weighted by Gasteiger charge is 1.97. The zero-order valence-electron chi connectivity index (χ0n) is 11.4. The molecule has 0 atom stereocenters. The molecule has 0 bridgehead atoms. The smallest absolute Gasteiger partial charge is 0.223 e. The maximum atomic E-state index is 11.1. The van der Waals surface area contributed by atoms with Gasteiger partial charge in [0.05, 0.1) is 5.52 Å². The van der Waals surface area contributed by atoms with E-state index in [-0.39, 0.29) is 0 Å². The van der Waals surface area contributed by atoms with Crippen LogP contribution in [-0.2, 0) is 0 Å². The van der Waals surface area contributed by atoms with E-state index in [4.69, 9.17) is 0 Å². The molecule has 4 aromatic rings. The number of hydrogen-bond donors (Lipinski definition) is 0. The number of nitrogens with zero attached hydrogens (tertiary/aromatic N) is 2. The van der Waals surface area contributed by atoms with Crippen molar-refractivity contribution in [3.05, 3.63) is 90.4 Å². The van der Waals surface area contributed by atoms with E-state index in [0.29, 0.717) is 0 Å². The second kappa shape index (κ2) is 6.01. The number of hydrogen-bond acceptors (Lipinski definition) is 2. The van der Waals surface area contributed by atoms with Crippen LogP contribution in [0.3, 0.4) is 0 Å². The summed E-state index contributed by atoms with van der Waals surface area (Å²) in [6.07, 6.45) is 3.31. The maximum absolute atomic E-state index is 11.1. The number of aromatic nitrogens is 2. The Morgan fingerprint density at radius 1 is 0.714 bits per heavy atom. The highest BCUT2D eigenvalue weighted by molar-refractivity contribution is 5.77. The van der Waals surface area contributed by atoms with E-state index < -0.39 is 0 Å². The molecule has 3 heteroatoms. The van der Waals surface area contributed by atoms with Crippen LogP contribution in [-0.4, -0.2) is 4.98 Å². The van der Waals surface area contributed by atoms with E-state index in [1.54, 1.807) is 6.07 Å². The Bertz CT molecular complexity index is 804. The average Bonchev–Trinajstić information content (AvgIpc) is 2.56. The molecule has 2 heterocycles. The molecule has 0 aliphatic heterocycles. The third-order valence-electron chi connectivity index (χ3n) is 3.18. The van der Waals surface area contributed by atoms with Crippen molar-refractivity contribution in [2.24, 2.45) is 0 Å². The molecule has 0 spiro atoms. The summed E-state index contributed by atoms with van der Waals surface area (Å²) in [5.41, 5.74) is 1.78. The van der Waals surface area contributed by atoms with E-state index in [1.807, 2.05) is 60.8 Å². The molecular weight excluding hydrogens is 260 g/mol. The summed E-state index contributed by atoms with van der Waals surface area (Å²) in [5, 5.41) is 13.3. The Balaban J connectivity index is 0.000000126. The first kappa shape index (κ1) is 13.1. The first-order valence-electron chi connectivity index (χ1n) is 6.71. The highest BCUT2D eigenvalue weighted by atomic mass is 16.5. The molecule has 0 N–H and O–H groups in total. The molecule has 0 saturated carbocycles. The normalized spacial score (nSPS) is 10.1. The predicted molar refractivity (Wildman–Crippen MR) is 84.7 cm³/mol. The standard InChI is InChI=1S/C9H7NO.C9H7N/c11-10-7-3-5-8-4-1-2-6-9(8)10;1-2-6-9-8(4-1)5-3-7-10-9/h1-7H;1-7H. The van der Waals surface area contributed by atoms with Crippen molar-refractivity contribution in [1.82, 2.24) is 4.98 Å². The van der Waals surface area contributed by atoms with Gasteiger partial charge in [-0.3, -0.25) is 4.98 Å². The molecule has 0 amide bonds. The van der Waals surface area contributed by atoms with Crippen LogP contribution in [0.4, 0.5) is 0 Å². The molecular formula is C18H14N2O. The molecule has 4 rings (SSSR count). The number of pyridine rings is 2. The minimum atomic E-state index is 0.718. The van der Waals surface area contributed by atoms with Gasteiger partial charge in [0.2, 0.25) is 5.52 Å². The first-order valence-corrected chi connectivity index (χ1v) is 6.71. The maximum Gasteiger partial charge on any atom is 0.223 e. The van der Waals surface area contributed by atoms with Gasteiger partial charge in [-0.05, 0) is 24.3 Å². The van der Waals surface area contributed by atoms with E-state index in [2.05, 4.69) is 17.1 Å². The zero-order chi connectivity index (χ0) is 14.5. The van der Waals surface area contributed by atoms with Crippen molar-refractivity contribution >= 4 is 21.8 Å². The molecule has 0 radical (unpaired) electrons. The molecule has 0 fully saturated rings. The fourth-order valence-electron chi connectivity index (χ4n) is 2.15. The van der Waals surface area contributed by atoms with Crippen LogP contribution in [0.2, 0.25) is 0 Å². The molecule has 0 aliphatic carbocycles. The fourth-order valence-corrected chi connectivity index (χ4v) is 2.15. The van der Waals surface area contributed by atoms with Gasteiger partial charge in [-0.1, -0.05) is 36.4 Å². The van der Waals surface area contributed by atoms with Crippen molar-refractivity contribution < 1.29 is 4.73 Å². The van der Waals surface area contributed by atoms with E-state index >= 15 is 0 Å². The summed E-state index contributed by atoms with van der Waals surface area (Å²) in [4.78, 5) is 4.18. The fraction of sp³-hybridized carbons (Fsp3) is 0. The van der Waals surface area contributed by atoms with Crippen molar-refractivity contribution in [3.8, 4) is 0 Å². The minimum absolute atomic E-state index is 0.718. The summed E-state index contributed by atoms with van der Waals surface area (Å²) in [6, 6.07) is 23.3. The molecule has 0 aliphatic rings. The van der Waals surface area contributed by atoms with Gasteiger partial charge >= 0.3 is 0 Å². The second-order valence-corrected chi connectivity index (χ2v) is 4.59. The molecule has 2 aromatic carbocycles. The highest BCUT2D eigenvalue weighted by Crippen LogP contribution is 2.08. The van der Waals surface area contributed by atoms with Crippen LogP contribution in [0.15, 0.2) is 85.2 Å². The summed E-state index contributed by atoms with van der Waals surface area (Å²) in [6.45, 7) is 0. The van der Waals surface area contributed by atoms with Gasteiger partial charge in [0.25, 0.3) is 0 Å². The number of rotatable bonds is 0. The Morgan fingerprint density at radius 3 is 2.19 bits per heavy atom. The number of fused-ring (bicyclic) bond motifs is 2. The lowest BCUT2D eigenvalue weighted by atomic mass is 10.2. The van der Waals surface area contributed by atoms with Gasteiger partial charge in [0.15, 0.2) is 6.20 Å². The van der Waals surface area contributed by atoms with E-state index in [1.165, 1.54) is 11.6 Å². The quantitative estimate of drug-likeness (QED) is 0.362. The third-order valence-corrected chi connectivity index (χ3v) is 3.18. The lowest BCUT2D eigenvalue weighted by Gasteiger charge is -1.98. The Hall–Kier alpha value is -2.94. The topological polar surface area (TPSA) is 39.8 Å². The largest absolute Gasteiger partial charge is 0.618 e. The van der Waals surface area contributed by atoms with Crippen molar-refractivity contribution in [1.29, 1.82) is 0 Å². The SMILES string of the molecule is [O-][n+]1cccc2ccccc21.c1ccc2ncccc2c1. The van der Waals surface area contributed by atoms with E-state index in [9.17, 15) is 5.21 Å². The third kappa shape index (κ3) is 2.98. The lowest BCUT2D eigenvalue weighted by molar-refractivity contribution is -0.577. The predicted octanol–water partition coefficient (Wildman–Crippen LogP) is 3.71. The Labute approximate surface area is 122 Å². The summed E-state index contributed by atoms with van der Waals surface area (Å²) >= 11 is 0. The Kier molecular flexibility index (Phi) is 3.74. The van der Waals surface area contributed by atoms with Crippen molar-refractivity contribution in [2.75, 3.05) is 0 Å². The van der Waals surface area contributed by atoms with Gasteiger partial charge in [0, 0.05) is 29.1 Å². The monoisotopic (exact) mass is 274 g/mol. The molecule has 21 heavy (non-hydrogen) atoms. The van der Waals surface area contributed by atoms with Crippen LogP contribution in [0.1, 0.15) is 0 Å². The number of para-hydroxylation sites is 2. The summed E-state index contributed by atoms with van der Waals surface area (Å²) < 4.78 is 0.870. The molecule has 3 nitrogen and oxygen atoms in total. The molecule has 0 saturated heterocycles. The zero-order valence-corrected chi connectivity index (χ0v) is 11.4. The first-order chi connectivity index (χ1) is 10.3. The molecule has 102 valence electrons.